The maximum atomic E-state index is 12.2. The van der Waals surface area contributed by atoms with E-state index in [9.17, 15) is 38.4 Å². The molecule has 0 fully saturated rings. The SMILES string of the molecule is O=C(/C=C\C(=O)OC(=O)c1ccc(C(=O)OC(=O)CCCCC(=O)OC(=O)c2ccc(C(=O)O)cc2)cc1)OCCCCO. The minimum atomic E-state index is -1.18. The molecule has 0 aliphatic rings. The van der Waals surface area contributed by atoms with Gasteiger partial charge in [-0.25, -0.2) is 28.8 Å². The summed E-state index contributed by atoms with van der Waals surface area (Å²) in [6.07, 6.45) is 2.23. The Labute approximate surface area is 250 Å². The summed E-state index contributed by atoms with van der Waals surface area (Å²) in [5.41, 5.74) is -0.239. The fraction of sp³-hybridized carbons (Fsp3) is 0.267. The maximum absolute atomic E-state index is 12.2. The van der Waals surface area contributed by atoms with Crippen LogP contribution in [-0.2, 0) is 38.1 Å². The number of carboxylic acid groups (broad SMARTS) is 1. The van der Waals surface area contributed by atoms with E-state index in [1.165, 1.54) is 36.4 Å². The number of carbonyl (C=O) groups is 8. The van der Waals surface area contributed by atoms with Gasteiger partial charge >= 0.3 is 47.8 Å². The van der Waals surface area contributed by atoms with E-state index in [1.54, 1.807) is 0 Å². The summed E-state index contributed by atoms with van der Waals surface area (Å²) in [5.74, 6) is -7.91. The zero-order chi connectivity index (χ0) is 32.5. The Morgan fingerprint density at radius 2 is 0.955 bits per heavy atom. The molecule has 0 saturated carbocycles. The van der Waals surface area contributed by atoms with Crippen LogP contribution >= 0.6 is 0 Å². The molecule has 14 heteroatoms. The van der Waals surface area contributed by atoms with Crippen molar-refractivity contribution >= 4 is 47.8 Å². The van der Waals surface area contributed by atoms with Gasteiger partial charge in [0.25, 0.3) is 0 Å². The van der Waals surface area contributed by atoms with Gasteiger partial charge in [0.15, 0.2) is 0 Å². The van der Waals surface area contributed by atoms with Gasteiger partial charge in [-0.15, -0.1) is 0 Å². The summed E-state index contributed by atoms with van der Waals surface area (Å²) in [5, 5.41) is 17.5. The number of carbonyl (C=O) groups excluding carboxylic acids is 7. The Kier molecular flexibility index (Phi) is 14.3. The average Bonchev–Trinajstić information content (AvgIpc) is 3.00. The van der Waals surface area contributed by atoms with Crippen molar-refractivity contribution in [1.82, 2.24) is 0 Å². The number of aromatic carboxylic acids is 1. The first-order valence-corrected chi connectivity index (χ1v) is 13.2. The van der Waals surface area contributed by atoms with Gasteiger partial charge in [0.05, 0.1) is 28.9 Å². The fourth-order valence-corrected chi connectivity index (χ4v) is 3.21. The molecule has 0 saturated heterocycles. The summed E-state index contributed by atoms with van der Waals surface area (Å²) >= 11 is 0. The third-order valence-electron chi connectivity index (χ3n) is 5.49. The molecule has 0 aliphatic carbocycles. The van der Waals surface area contributed by atoms with Crippen LogP contribution in [-0.4, -0.2) is 71.2 Å². The van der Waals surface area contributed by atoms with Gasteiger partial charge in [-0.1, -0.05) is 0 Å². The van der Waals surface area contributed by atoms with Gasteiger partial charge < -0.3 is 29.2 Å². The highest BCUT2D eigenvalue weighted by atomic mass is 16.6. The molecule has 232 valence electrons. The minimum Gasteiger partial charge on any atom is -0.478 e. The van der Waals surface area contributed by atoms with E-state index in [4.69, 9.17) is 19.7 Å². The lowest BCUT2D eigenvalue weighted by Gasteiger charge is -2.05. The van der Waals surface area contributed by atoms with Crippen LogP contribution in [0.15, 0.2) is 60.7 Å². The van der Waals surface area contributed by atoms with Crippen molar-refractivity contribution in [2.24, 2.45) is 0 Å². The number of carboxylic acids is 1. The molecule has 0 bridgehead atoms. The minimum absolute atomic E-state index is 0.0119. The average molecular weight is 613 g/mol. The lowest BCUT2D eigenvalue weighted by Crippen LogP contribution is -2.14. The number of esters is 7. The van der Waals surface area contributed by atoms with Crippen LogP contribution in [0, 0.1) is 0 Å². The monoisotopic (exact) mass is 612 g/mol. The topological polar surface area (TPSA) is 214 Å². The van der Waals surface area contributed by atoms with Gasteiger partial charge in [-0.3, -0.25) is 9.59 Å². The number of benzene rings is 2. The van der Waals surface area contributed by atoms with Crippen LogP contribution in [0.1, 0.15) is 80.0 Å². The first kappa shape index (κ1) is 34.7. The van der Waals surface area contributed by atoms with Crippen LogP contribution < -0.4 is 0 Å². The number of aliphatic hydroxyl groups is 1. The molecule has 0 aliphatic heterocycles. The molecule has 0 radical (unpaired) electrons. The lowest BCUT2D eigenvalue weighted by molar-refractivity contribution is -0.140. The molecule has 2 rings (SSSR count). The van der Waals surface area contributed by atoms with E-state index in [0.29, 0.717) is 18.9 Å². The summed E-state index contributed by atoms with van der Waals surface area (Å²) in [4.78, 5) is 94.2. The molecular weight excluding hydrogens is 584 g/mol. The first-order chi connectivity index (χ1) is 21.0. The van der Waals surface area contributed by atoms with Crippen molar-refractivity contribution in [1.29, 1.82) is 0 Å². The zero-order valence-electron chi connectivity index (χ0n) is 23.2. The summed E-state index contributed by atoms with van der Waals surface area (Å²) in [6.45, 7) is 0.00307. The Morgan fingerprint density at radius 3 is 1.39 bits per heavy atom. The molecule has 0 heterocycles. The molecule has 2 aromatic carbocycles. The number of rotatable bonds is 15. The van der Waals surface area contributed by atoms with Crippen molar-refractivity contribution in [3.05, 3.63) is 82.9 Å². The third-order valence-corrected chi connectivity index (χ3v) is 5.49. The summed E-state index contributed by atoms with van der Waals surface area (Å²) in [6, 6.07) is 9.43. The maximum Gasteiger partial charge on any atom is 0.346 e. The Bertz CT molecular complexity index is 1400. The van der Waals surface area contributed by atoms with E-state index in [0.717, 1.165) is 18.2 Å². The number of unbranched alkanes of at least 4 members (excludes halogenated alkanes) is 2. The molecular formula is C30H28O14. The molecule has 0 amide bonds. The van der Waals surface area contributed by atoms with Crippen LogP contribution in [0.2, 0.25) is 0 Å². The van der Waals surface area contributed by atoms with Gasteiger partial charge in [0.2, 0.25) is 0 Å². The van der Waals surface area contributed by atoms with Gasteiger partial charge in [0.1, 0.15) is 0 Å². The Morgan fingerprint density at radius 1 is 0.545 bits per heavy atom. The Balaban J connectivity index is 1.70. The highest BCUT2D eigenvalue weighted by molar-refractivity contribution is 6.03. The van der Waals surface area contributed by atoms with Crippen LogP contribution in [0.25, 0.3) is 0 Å². The predicted octanol–water partition coefficient (Wildman–Crippen LogP) is 2.57. The van der Waals surface area contributed by atoms with Crippen molar-refractivity contribution in [2.75, 3.05) is 13.2 Å². The molecule has 2 N–H and O–H groups in total. The normalized spacial score (nSPS) is 10.5. The highest BCUT2D eigenvalue weighted by Crippen LogP contribution is 2.11. The van der Waals surface area contributed by atoms with Crippen molar-refractivity contribution in [3.63, 3.8) is 0 Å². The largest absolute Gasteiger partial charge is 0.478 e. The van der Waals surface area contributed by atoms with Gasteiger partial charge in [0, 0.05) is 31.6 Å². The van der Waals surface area contributed by atoms with E-state index >= 15 is 0 Å². The van der Waals surface area contributed by atoms with Crippen LogP contribution in [0.5, 0.6) is 0 Å². The van der Waals surface area contributed by atoms with Crippen LogP contribution in [0.4, 0.5) is 0 Å². The van der Waals surface area contributed by atoms with Gasteiger partial charge in [-0.05, 0) is 74.2 Å². The van der Waals surface area contributed by atoms with E-state index < -0.39 is 47.8 Å². The summed E-state index contributed by atoms with van der Waals surface area (Å²) in [7, 11) is 0. The molecule has 44 heavy (non-hydrogen) atoms. The summed E-state index contributed by atoms with van der Waals surface area (Å²) < 4.78 is 18.8. The van der Waals surface area contributed by atoms with Gasteiger partial charge in [-0.2, -0.15) is 0 Å². The molecule has 0 aromatic heterocycles. The highest BCUT2D eigenvalue weighted by Gasteiger charge is 2.17. The molecule has 0 atom stereocenters. The predicted molar refractivity (Wildman–Crippen MR) is 146 cm³/mol. The molecule has 14 nitrogen and oxygen atoms in total. The standard InChI is InChI=1S/C30H28O14/c31-17-3-4-18-41-23(32)15-16-26(35)44-30(40)22-13-11-21(12-14-22)29(39)43-25(34)6-2-1-5-24(33)42-28(38)20-9-7-19(8-10-20)27(36)37/h7-16,31H,1-6,17-18H2,(H,36,37)/b16-15-. The fourth-order valence-electron chi connectivity index (χ4n) is 3.21. The second-order valence-electron chi connectivity index (χ2n) is 8.83. The van der Waals surface area contributed by atoms with Crippen LogP contribution in [0.3, 0.4) is 0 Å². The molecule has 2 aromatic rings. The number of hydrogen-bond acceptors (Lipinski definition) is 13. The van der Waals surface area contributed by atoms with Crippen molar-refractivity contribution < 1.29 is 67.5 Å². The molecule has 0 unspecified atom stereocenters. The van der Waals surface area contributed by atoms with E-state index in [2.05, 4.69) is 9.47 Å². The van der Waals surface area contributed by atoms with Crippen molar-refractivity contribution in [2.45, 2.75) is 38.5 Å². The number of hydrogen-bond donors (Lipinski definition) is 2. The third kappa shape index (κ3) is 12.6. The smallest absolute Gasteiger partial charge is 0.346 e. The second kappa shape index (κ2) is 18.1. The van der Waals surface area contributed by atoms with E-state index in [1.807, 2.05) is 0 Å². The number of aliphatic hydroxyl groups excluding tert-OH is 1. The lowest BCUT2D eigenvalue weighted by atomic mass is 10.1. The number of ether oxygens (including phenoxy) is 4. The Hall–Kier alpha value is -5.50. The van der Waals surface area contributed by atoms with E-state index in [-0.39, 0.29) is 61.2 Å². The zero-order valence-corrected chi connectivity index (χ0v) is 23.2. The van der Waals surface area contributed by atoms with Crippen molar-refractivity contribution in [3.8, 4) is 0 Å². The second-order valence-corrected chi connectivity index (χ2v) is 8.83. The molecule has 0 spiro atoms. The first-order valence-electron chi connectivity index (χ1n) is 13.2. The quantitative estimate of drug-likeness (QED) is 0.0972.